The number of carbonyl (C=O) groups is 1. The maximum atomic E-state index is 13.0. The van der Waals surface area contributed by atoms with Gasteiger partial charge in [0.15, 0.2) is 0 Å². The molecule has 0 spiro atoms. The smallest absolute Gasteiger partial charge is 0.245 e. The minimum Gasteiger partial charge on any atom is -0.494 e. The average molecular weight is 369 g/mol. The molecule has 5 nitrogen and oxygen atoms in total. The fourth-order valence-corrected chi connectivity index (χ4v) is 4.30. The van der Waals surface area contributed by atoms with E-state index in [2.05, 4.69) is 5.32 Å². The van der Waals surface area contributed by atoms with E-state index in [0.717, 1.165) is 36.4 Å². The van der Waals surface area contributed by atoms with Gasteiger partial charge in [0.2, 0.25) is 5.91 Å². The number of hydrogen-bond donors (Lipinski definition) is 2. The number of aryl methyl sites for hydroxylation is 1. The highest BCUT2D eigenvalue weighted by atomic mass is 35.5. The van der Waals surface area contributed by atoms with Crippen molar-refractivity contribution in [2.75, 3.05) is 18.5 Å². The molecule has 25 heavy (non-hydrogen) atoms. The summed E-state index contributed by atoms with van der Waals surface area (Å²) in [7, 11) is 0. The average Bonchev–Trinajstić information content (AvgIpc) is 2.56. The van der Waals surface area contributed by atoms with Crippen LogP contribution >= 0.6 is 12.4 Å². The summed E-state index contributed by atoms with van der Waals surface area (Å²) < 4.78 is 11.4. The van der Waals surface area contributed by atoms with Crippen LogP contribution in [0.4, 0.5) is 5.69 Å². The van der Waals surface area contributed by atoms with E-state index < -0.39 is 5.54 Å². The monoisotopic (exact) mass is 368 g/mol. The van der Waals surface area contributed by atoms with Gasteiger partial charge in [0.1, 0.15) is 11.3 Å². The predicted molar refractivity (Wildman–Crippen MR) is 101 cm³/mol. The Morgan fingerprint density at radius 3 is 2.80 bits per heavy atom. The third-order valence-electron chi connectivity index (χ3n) is 5.82. The van der Waals surface area contributed by atoms with Crippen LogP contribution in [0.2, 0.25) is 0 Å². The first-order valence-electron chi connectivity index (χ1n) is 8.77. The standard InChI is InChI=1S/C19H28N2O3.ClH/c1-5-23-13-8-9-15(12(2)11-13)21-17(22)19(20)14-7-6-10-24-16(14)18(19,3)4;/h8-9,11,14,16H,5-7,10,20H2,1-4H3,(H,21,22);1H. The van der Waals surface area contributed by atoms with Crippen molar-refractivity contribution in [1.82, 2.24) is 0 Å². The van der Waals surface area contributed by atoms with Crippen LogP contribution in [0.5, 0.6) is 5.75 Å². The Balaban J connectivity index is 0.00000225. The minimum atomic E-state index is -0.900. The molecule has 3 rings (SSSR count). The highest BCUT2D eigenvalue weighted by Gasteiger charge is 2.70. The van der Waals surface area contributed by atoms with Crippen molar-refractivity contribution in [2.45, 2.75) is 52.2 Å². The number of nitrogens with two attached hydrogens (primary N) is 1. The Labute approximate surface area is 156 Å². The van der Waals surface area contributed by atoms with Crippen LogP contribution in [0.15, 0.2) is 18.2 Å². The van der Waals surface area contributed by atoms with E-state index in [1.54, 1.807) is 0 Å². The summed E-state index contributed by atoms with van der Waals surface area (Å²) in [5.41, 5.74) is 7.11. The van der Waals surface area contributed by atoms with Gasteiger partial charge in [-0.15, -0.1) is 12.4 Å². The molecule has 3 unspecified atom stereocenters. The second kappa shape index (κ2) is 7.14. The number of ether oxygens (including phenoxy) is 2. The molecule has 0 bridgehead atoms. The number of anilines is 1. The fourth-order valence-electron chi connectivity index (χ4n) is 4.30. The van der Waals surface area contributed by atoms with Gasteiger partial charge in [0, 0.05) is 23.6 Å². The summed E-state index contributed by atoms with van der Waals surface area (Å²) in [6.45, 7) is 9.35. The largest absolute Gasteiger partial charge is 0.494 e. The van der Waals surface area contributed by atoms with Gasteiger partial charge in [-0.05, 0) is 50.5 Å². The van der Waals surface area contributed by atoms with Crippen LogP contribution in [0, 0.1) is 18.3 Å². The van der Waals surface area contributed by atoms with Gasteiger partial charge in [0.05, 0.1) is 12.7 Å². The molecule has 0 aromatic heterocycles. The van der Waals surface area contributed by atoms with Crippen molar-refractivity contribution < 1.29 is 14.3 Å². The van der Waals surface area contributed by atoms with Gasteiger partial charge in [-0.2, -0.15) is 0 Å². The molecule has 1 amide bonds. The highest BCUT2D eigenvalue weighted by Crippen LogP contribution is 2.57. The Bertz CT molecular complexity index is 650. The first-order chi connectivity index (χ1) is 11.3. The number of amides is 1. The van der Waals surface area contributed by atoms with Crippen LogP contribution in [0.1, 0.15) is 39.2 Å². The summed E-state index contributed by atoms with van der Waals surface area (Å²) in [4.78, 5) is 13.0. The Kier molecular flexibility index (Phi) is 5.71. The Hall–Kier alpha value is -1.30. The summed E-state index contributed by atoms with van der Waals surface area (Å²) in [5.74, 6) is 0.774. The number of hydrogen-bond acceptors (Lipinski definition) is 4. The van der Waals surface area contributed by atoms with E-state index in [1.165, 1.54) is 0 Å². The zero-order valence-electron chi connectivity index (χ0n) is 15.4. The van der Waals surface area contributed by atoms with Gasteiger partial charge >= 0.3 is 0 Å². The van der Waals surface area contributed by atoms with Gasteiger partial charge < -0.3 is 20.5 Å². The Morgan fingerprint density at radius 2 is 2.16 bits per heavy atom. The number of rotatable bonds is 4. The number of fused-ring (bicyclic) bond motifs is 1. The van der Waals surface area contributed by atoms with Crippen LogP contribution in [-0.4, -0.2) is 30.8 Å². The molecule has 140 valence electrons. The number of benzene rings is 1. The van der Waals surface area contributed by atoms with E-state index >= 15 is 0 Å². The highest BCUT2D eigenvalue weighted by molar-refractivity contribution is 6.00. The van der Waals surface area contributed by atoms with E-state index in [0.29, 0.717) is 6.61 Å². The normalized spacial score (nSPS) is 29.6. The van der Waals surface area contributed by atoms with Gasteiger partial charge in [-0.1, -0.05) is 13.8 Å². The topological polar surface area (TPSA) is 73.6 Å². The predicted octanol–water partition coefficient (Wildman–Crippen LogP) is 3.29. The molecule has 1 aromatic carbocycles. The maximum absolute atomic E-state index is 13.0. The molecule has 1 saturated heterocycles. The van der Waals surface area contributed by atoms with E-state index in [1.807, 2.05) is 45.9 Å². The van der Waals surface area contributed by atoms with Crippen molar-refractivity contribution in [3.05, 3.63) is 23.8 Å². The van der Waals surface area contributed by atoms with E-state index in [-0.39, 0.29) is 35.8 Å². The Morgan fingerprint density at radius 1 is 1.44 bits per heavy atom. The van der Waals surface area contributed by atoms with Crippen LogP contribution in [-0.2, 0) is 9.53 Å². The quantitative estimate of drug-likeness (QED) is 0.855. The molecule has 2 fully saturated rings. The van der Waals surface area contributed by atoms with Crippen LogP contribution in [0.3, 0.4) is 0 Å². The molecule has 3 atom stereocenters. The van der Waals surface area contributed by atoms with Crippen molar-refractivity contribution in [1.29, 1.82) is 0 Å². The lowest BCUT2D eigenvalue weighted by Crippen LogP contribution is -2.81. The number of halogens is 1. The lowest BCUT2D eigenvalue weighted by molar-refractivity contribution is -0.222. The van der Waals surface area contributed by atoms with Gasteiger partial charge in [-0.25, -0.2) is 0 Å². The lowest BCUT2D eigenvalue weighted by Gasteiger charge is -2.65. The van der Waals surface area contributed by atoms with Gasteiger partial charge in [0.25, 0.3) is 0 Å². The van der Waals surface area contributed by atoms with Crippen LogP contribution in [0.25, 0.3) is 0 Å². The van der Waals surface area contributed by atoms with E-state index in [4.69, 9.17) is 15.2 Å². The molecule has 2 aliphatic rings. The third-order valence-corrected chi connectivity index (χ3v) is 5.82. The summed E-state index contributed by atoms with van der Waals surface area (Å²) >= 11 is 0. The summed E-state index contributed by atoms with van der Waals surface area (Å²) in [6.07, 6.45) is 1.98. The summed E-state index contributed by atoms with van der Waals surface area (Å²) in [6, 6.07) is 5.68. The van der Waals surface area contributed by atoms with Crippen molar-refractivity contribution in [3.8, 4) is 5.75 Å². The molecule has 1 saturated carbocycles. The SMILES string of the molecule is CCOc1ccc(NC(=O)C2(N)C3CCCOC3C2(C)C)c(C)c1.Cl. The number of nitrogens with one attached hydrogen (secondary N) is 1. The van der Waals surface area contributed by atoms with Crippen LogP contribution < -0.4 is 15.8 Å². The lowest BCUT2D eigenvalue weighted by atomic mass is 9.46. The van der Waals surface area contributed by atoms with Crippen molar-refractivity contribution in [2.24, 2.45) is 17.1 Å². The molecule has 3 N–H and O–H groups in total. The minimum absolute atomic E-state index is 0. The zero-order chi connectivity index (χ0) is 17.5. The molecular weight excluding hydrogens is 340 g/mol. The fraction of sp³-hybridized carbons (Fsp3) is 0.632. The molecule has 1 aliphatic heterocycles. The first-order valence-corrected chi connectivity index (χ1v) is 8.77. The third kappa shape index (κ3) is 3.03. The zero-order valence-corrected chi connectivity index (χ0v) is 16.2. The maximum Gasteiger partial charge on any atom is 0.245 e. The second-order valence-electron chi connectivity index (χ2n) is 7.49. The molecule has 6 heteroatoms. The molecular formula is C19H29ClN2O3. The van der Waals surface area contributed by atoms with Gasteiger partial charge in [-0.3, -0.25) is 4.79 Å². The number of carbonyl (C=O) groups excluding carboxylic acids is 1. The van der Waals surface area contributed by atoms with E-state index in [9.17, 15) is 4.79 Å². The molecule has 0 radical (unpaired) electrons. The second-order valence-corrected chi connectivity index (χ2v) is 7.49. The van der Waals surface area contributed by atoms with Crippen molar-refractivity contribution in [3.63, 3.8) is 0 Å². The molecule has 1 aliphatic carbocycles. The first kappa shape index (κ1) is 20.0. The molecule has 1 aromatic rings. The van der Waals surface area contributed by atoms with Crippen molar-refractivity contribution >= 4 is 24.0 Å². The molecule has 1 heterocycles. The summed E-state index contributed by atoms with van der Waals surface area (Å²) in [5, 5.41) is 3.04.